The highest BCUT2D eigenvalue weighted by Crippen LogP contribution is 2.25. The summed E-state index contributed by atoms with van der Waals surface area (Å²) in [5.74, 6) is 0.766. The standard InChI is InChI=1S/C15H21BrN2O/c1-10-5-6-18(13(7-10)9-17)15(19)12-3-4-14(16)11(2)8-12/h3-4,8,10,13H,5-7,9,17H2,1-2H3. The van der Waals surface area contributed by atoms with Gasteiger partial charge in [-0.15, -0.1) is 0 Å². The predicted octanol–water partition coefficient (Wildman–Crippen LogP) is 2.96. The van der Waals surface area contributed by atoms with Crippen molar-refractivity contribution in [2.75, 3.05) is 13.1 Å². The smallest absolute Gasteiger partial charge is 0.254 e. The van der Waals surface area contributed by atoms with E-state index in [1.807, 2.05) is 30.0 Å². The molecule has 1 aromatic carbocycles. The van der Waals surface area contributed by atoms with Gasteiger partial charge in [-0.25, -0.2) is 0 Å². The normalized spacial score (nSPS) is 23.5. The number of aryl methyl sites for hydroxylation is 1. The van der Waals surface area contributed by atoms with Gasteiger partial charge in [-0.2, -0.15) is 0 Å². The number of hydrogen-bond donors (Lipinski definition) is 1. The van der Waals surface area contributed by atoms with Crippen molar-refractivity contribution in [2.24, 2.45) is 11.7 Å². The van der Waals surface area contributed by atoms with E-state index >= 15 is 0 Å². The maximum absolute atomic E-state index is 12.6. The molecule has 2 N–H and O–H groups in total. The van der Waals surface area contributed by atoms with Crippen LogP contribution in [0.15, 0.2) is 22.7 Å². The number of likely N-dealkylation sites (tertiary alicyclic amines) is 1. The lowest BCUT2D eigenvalue weighted by Crippen LogP contribution is -2.49. The summed E-state index contributed by atoms with van der Waals surface area (Å²) in [5.41, 5.74) is 7.67. The van der Waals surface area contributed by atoms with Crippen LogP contribution in [0.3, 0.4) is 0 Å². The van der Waals surface area contributed by atoms with E-state index in [4.69, 9.17) is 5.73 Å². The van der Waals surface area contributed by atoms with Crippen LogP contribution in [0.5, 0.6) is 0 Å². The van der Waals surface area contributed by atoms with Crippen LogP contribution in [-0.4, -0.2) is 29.9 Å². The van der Waals surface area contributed by atoms with E-state index in [1.54, 1.807) is 0 Å². The number of nitrogens with zero attached hydrogens (tertiary/aromatic N) is 1. The van der Waals surface area contributed by atoms with Crippen molar-refractivity contribution in [1.29, 1.82) is 0 Å². The number of halogens is 1. The first-order valence-electron chi connectivity index (χ1n) is 6.80. The van der Waals surface area contributed by atoms with Crippen molar-refractivity contribution in [2.45, 2.75) is 32.7 Å². The minimum atomic E-state index is 0.109. The Morgan fingerprint density at radius 3 is 2.89 bits per heavy atom. The fourth-order valence-corrected chi connectivity index (χ4v) is 2.93. The van der Waals surface area contributed by atoms with Crippen LogP contribution in [0.2, 0.25) is 0 Å². The van der Waals surface area contributed by atoms with Crippen LogP contribution >= 0.6 is 15.9 Å². The summed E-state index contributed by atoms with van der Waals surface area (Å²) in [6.45, 7) is 5.59. The molecule has 19 heavy (non-hydrogen) atoms. The third-order valence-corrected chi connectivity index (χ3v) is 4.81. The molecule has 0 aliphatic carbocycles. The highest BCUT2D eigenvalue weighted by atomic mass is 79.9. The van der Waals surface area contributed by atoms with Crippen molar-refractivity contribution in [1.82, 2.24) is 4.90 Å². The fraction of sp³-hybridized carbons (Fsp3) is 0.533. The van der Waals surface area contributed by atoms with Crippen molar-refractivity contribution in [3.63, 3.8) is 0 Å². The molecule has 104 valence electrons. The summed E-state index contributed by atoms with van der Waals surface area (Å²) in [4.78, 5) is 14.5. The van der Waals surface area contributed by atoms with E-state index in [0.717, 1.165) is 35.0 Å². The van der Waals surface area contributed by atoms with Gasteiger partial charge in [0.2, 0.25) is 0 Å². The van der Waals surface area contributed by atoms with Crippen molar-refractivity contribution in [3.05, 3.63) is 33.8 Å². The van der Waals surface area contributed by atoms with Crippen LogP contribution in [0.25, 0.3) is 0 Å². The first-order valence-corrected chi connectivity index (χ1v) is 7.59. The lowest BCUT2D eigenvalue weighted by Gasteiger charge is -2.38. The van der Waals surface area contributed by atoms with Crippen LogP contribution < -0.4 is 5.73 Å². The Morgan fingerprint density at radius 1 is 1.53 bits per heavy atom. The molecule has 1 saturated heterocycles. The molecule has 0 bridgehead atoms. The third-order valence-electron chi connectivity index (χ3n) is 3.92. The SMILES string of the molecule is Cc1cc(C(=O)N2CCC(C)CC2CN)ccc1Br. The fourth-order valence-electron chi connectivity index (χ4n) is 2.69. The Balaban J connectivity index is 2.20. The third kappa shape index (κ3) is 3.18. The molecule has 3 nitrogen and oxygen atoms in total. The van der Waals surface area contributed by atoms with Gasteiger partial charge < -0.3 is 10.6 Å². The van der Waals surface area contributed by atoms with E-state index in [2.05, 4.69) is 22.9 Å². The molecule has 1 fully saturated rings. The van der Waals surface area contributed by atoms with E-state index in [0.29, 0.717) is 12.5 Å². The van der Waals surface area contributed by atoms with Crippen molar-refractivity contribution >= 4 is 21.8 Å². The molecular formula is C15H21BrN2O. The molecule has 4 heteroatoms. The van der Waals surface area contributed by atoms with Gasteiger partial charge in [-0.1, -0.05) is 22.9 Å². The second-order valence-corrected chi connectivity index (χ2v) is 6.34. The monoisotopic (exact) mass is 324 g/mol. The Labute approximate surface area is 123 Å². The number of hydrogen-bond acceptors (Lipinski definition) is 2. The molecule has 2 rings (SSSR count). The van der Waals surface area contributed by atoms with Gasteiger partial charge in [0.25, 0.3) is 5.91 Å². The first kappa shape index (κ1) is 14.5. The number of rotatable bonds is 2. The lowest BCUT2D eigenvalue weighted by molar-refractivity contribution is 0.0573. The number of amides is 1. The van der Waals surface area contributed by atoms with Crippen LogP contribution in [0, 0.1) is 12.8 Å². The van der Waals surface area contributed by atoms with Crippen LogP contribution in [0.1, 0.15) is 35.7 Å². The number of carbonyl (C=O) groups is 1. The number of piperidine rings is 1. The van der Waals surface area contributed by atoms with Gasteiger partial charge in [0.05, 0.1) is 0 Å². The second-order valence-electron chi connectivity index (χ2n) is 5.48. The molecule has 1 aliphatic rings. The van der Waals surface area contributed by atoms with E-state index in [1.165, 1.54) is 0 Å². The maximum Gasteiger partial charge on any atom is 0.254 e. The molecule has 0 spiro atoms. The number of nitrogens with two attached hydrogens (primary N) is 1. The zero-order valence-corrected chi connectivity index (χ0v) is 13.1. The topological polar surface area (TPSA) is 46.3 Å². The Kier molecular flexibility index (Phi) is 4.63. The molecule has 0 saturated carbocycles. The van der Waals surface area contributed by atoms with Crippen molar-refractivity contribution in [3.8, 4) is 0 Å². The van der Waals surface area contributed by atoms with Gasteiger partial charge in [0, 0.05) is 29.2 Å². The zero-order chi connectivity index (χ0) is 14.0. The molecule has 1 aromatic rings. The number of benzene rings is 1. The molecule has 1 amide bonds. The first-order chi connectivity index (χ1) is 9.02. The van der Waals surface area contributed by atoms with Gasteiger partial charge >= 0.3 is 0 Å². The molecule has 2 unspecified atom stereocenters. The van der Waals surface area contributed by atoms with Gasteiger partial charge in [0.15, 0.2) is 0 Å². The summed E-state index contributed by atoms with van der Waals surface area (Å²) in [6.07, 6.45) is 2.08. The van der Waals surface area contributed by atoms with Crippen LogP contribution in [0.4, 0.5) is 0 Å². The minimum Gasteiger partial charge on any atom is -0.334 e. The number of carbonyl (C=O) groups excluding carboxylic acids is 1. The Hall–Kier alpha value is -0.870. The molecule has 0 aromatic heterocycles. The quantitative estimate of drug-likeness (QED) is 0.909. The van der Waals surface area contributed by atoms with E-state index in [-0.39, 0.29) is 11.9 Å². The zero-order valence-electron chi connectivity index (χ0n) is 11.5. The Morgan fingerprint density at radius 2 is 2.26 bits per heavy atom. The summed E-state index contributed by atoms with van der Waals surface area (Å²) in [5, 5.41) is 0. The highest BCUT2D eigenvalue weighted by molar-refractivity contribution is 9.10. The molecule has 0 radical (unpaired) electrons. The van der Waals surface area contributed by atoms with Gasteiger partial charge in [0.1, 0.15) is 0 Å². The largest absolute Gasteiger partial charge is 0.334 e. The van der Waals surface area contributed by atoms with Gasteiger partial charge in [-0.3, -0.25) is 4.79 Å². The van der Waals surface area contributed by atoms with E-state index in [9.17, 15) is 4.79 Å². The second kappa shape index (κ2) is 6.06. The molecular weight excluding hydrogens is 304 g/mol. The lowest BCUT2D eigenvalue weighted by atomic mass is 9.92. The Bertz CT molecular complexity index is 475. The predicted molar refractivity (Wildman–Crippen MR) is 81.2 cm³/mol. The summed E-state index contributed by atoms with van der Waals surface area (Å²) >= 11 is 3.46. The van der Waals surface area contributed by atoms with Crippen molar-refractivity contribution < 1.29 is 4.79 Å². The molecule has 2 atom stereocenters. The highest BCUT2D eigenvalue weighted by Gasteiger charge is 2.29. The average molecular weight is 325 g/mol. The molecule has 1 aliphatic heterocycles. The van der Waals surface area contributed by atoms with Crippen LogP contribution in [-0.2, 0) is 0 Å². The maximum atomic E-state index is 12.6. The molecule has 1 heterocycles. The minimum absolute atomic E-state index is 0.109. The summed E-state index contributed by atoms with van der Waals surface area (Å²) in [6, 6.07) is 5.94. The van der Waals surface area contributed by atoms with Gasteiger partial charge in [-0.05, 0) is 49.4 Å². The summed E-state index contributed by atoms with van der Waals surface area (Å²) in [7, 11) is 0. The average Bonchev–Trinajstić information content (AvgIpc) is 2.41. The summed E-state index contributed by atoms with van der Waals surface area (Å²) < 4.78 is 1.03. The van der Waals surface area contributed by atoms with E-state index < -0.39 is 0 Å².